The lowest BCUT2D eigenvalue weighted by molar-refractivity contribution is -0.155. The number of carbonyl (C=O) groups is 2. The third-order valence-corrected chi connectivity index (χ3v) is 2.60. The SMILES string of the molecule is CCOC(=O)C1(C(N)=O)CCCCC[N]1. The van der Waals surface area contributed by atoms with Gasteiger partial charge in [-0.15, -0.1) is 0 Å². The molecule has 1 saturated heterocycles. The number of esters is 1. The van der Waals surface area contributed by atoms with Crippen molar-refractivity contribution >= 4 is 11.9 Å². The van der Waals surface area contributed by atoms with E-state index in [9.17, 15) is 9.59 Å². The highest BCUT2D eigenvalue weighted by Gasteiger charge is 2.46. The van der Waals surface area contributed by atoms with Gasteiger partial charge in [-0.05, 0) is 19.8 Å². The lowest BCUT2D eigenvalue weighted by Crippen LogP contribution is -2.57. The van der Waals surface area contributed by atoms with Crippen LogP contribution in [0, 0.1) is 0 Å². The molecule has 1 radical (unpaired) electrons. The fourth-order valence-electron chi connectivity index (χ4n) is 1.74. The third-order valence-electron chi connectivity index (χ3n) is 2.60. The maximum atomic E-state index is 11.7. The van der Waals surface area contributed by atoms with Crippen molar-refractivity contribution in [2.75, 3.05) is 13.2 Å². The van der Waals surface area contributed by atoms with E-state index < -0.39 is 17.4 Å². The highest BCUT2D eigenvalue weighted by molar-refractivity contribution is 6.06. The van der Waals surface area contributed by atoms with E-state index in [1.807, 2.05) is 0 Å². The van der Waals surface area contributed by atoms with Gasteiger partial charge in [0.1, 0.15) is 0 Å². The van der Waals surface area contributed by atoms with Crippen LogP contribution in [0.4, 0.5) is 0 Å². The summed E-state index contributed by atoms with van der Waals surface area (Å²) < 4.78 is 4.87. The molecule has 0 spiro atoms. The molecule has 5 heteroatoms. The Morgan fingerprint density at radius 1 is 1.40 bits per heavy atom. The Hall–Kier alpha value is -1.10. The van der Waals surface area contributed by atoms with Gasteiger partial charge >= 0.3 is 5.97 Å². The second-order valence-electron chi connectivity index (χ2n) is 3.64. The summed E-state index contributed by atoms with van der Waals surface area (Å²) in [5.41, 5.74) is 3.85. The van der Waals surface area contributed by atoms with Crippen molar-refractivity contribution in [3.63, 3.8) is 0 Å². The molecule has 1 heterocycles. The minimum atomic E-state index is -1.42. The Morgan fingerprint density at radius 2 is 2.13 bits per heavy atom. The molecule has 1 aliphatic rings. The number of carbonyl (C=O) groups excluding carboxylic acids is 2. The van der Waals surface area contributed by atoms with E-state index in [1.165, 1.54) is 0 Å². The first-order chi connectivity index (χ1) is 7.13. The van der Waals surface area contributed by atoms with Gasteiger partial charge in [0.15, 0.2) is 0 Å². The number of nitrogens with zero attached hydrogens (tertiary/aromatic N) is 1. The molecule has 0 aromatic heterocycles. The monoisotopic (exact) mass is 213 g/mol. The second kappa shape index (κ2) is 5.11. The largest absolute Gasteiger partial charge is 0.464 e. The van der Waals surface area contributed by atoms with Gasteiger partial charge in [0.25, 0.3) is 5.91 Å². The molecule has 2 N–H and O–H groups in total. The molecule has 1 fully saturated rings. The Labute approximate surface area is 89.3 Å². The Morgan fingerprint density at radius 3 is 2.73 bits per heavy atom. The molecule has 0 bridgehead atoms. The van der Waals surface area contributed by atoms with Gasteiger partial charge in [-0.25, -0.2) is 10.1 Å². The molecule has 85 valence electrons. The van der Waals surface area contributed by atoms with E-state index in [-0.39, 0.29) is 6.61 Å². The van der Waals surface area contributed by atoms with Gasteiger partial charge in [-0.3, -0.25) is 4.79 Å². The van der Waals surface area contributed by atoms with E-state index in [1.54, 1.807) is 6.92 Å². The predicted molar refractivity (Wildman–Crippen MR) is 54.0 cm³/mol. The van der Waals surface area contributed by atoms with E-state index in [0.29, 0.717) is 13.0 Å². The summed E-state index contributed by atoms with van der Waals surface area (Å²) in [4.78, 5) is 23.1. The summed E-state index contributed by atoms with van der Waals surface area (Å²) in [6.07, 6.45) is 3.03. The van der Waals surface area contributed by atoms with Crippen LogP contribution in [-0.4, -0.2) is 30.6 Å². The summed E-state index contributed by atoms with van der Waals surface area (Å²) in [6, 6.07) is 0. The summed E-state index contributed by atoms with van der Waals surface area (Å²) in [5, 5.41) is 4.12. The van der Waals surface area contributed by atoms with Gasteiger partial charge in [-0.2, -0.15) is 0 Å². The van der Waals surface area contributed by atoms with Crippen LogP contribution in [0.25, 0.3) is 0 Å². The van der Waals surface area contributed by atoms with Gasteiger partial charge in [0.05, 0.1) is 6.61 Å². The van der Waals surface area contributed by atoms with Crippen molar-refractivity contribution in [2.24, 2.45) is 5.73 Å². The topological polar surface area (TPSA) is 83.5 Å². The van der Waals surface area contributed by atoms with Crippen molar-refractivity contribution in [2.45, 2.75) is 38.1 Å². The molecule has 5 nitrogen and oxygen atoms in total. The smallest absolute Gasteiger partial charge is 0.337 e. The number of amides is 1. The minimum absolute atomic E-state index is 0.239. The van der Waals surface area contributed by atoms with Crippen LogP contribution >= 0.6 is 0 Å². The van der Waals surface area contributed by atoms with E-state index in [2.05, 4.69) is 5.32 Å². The van der Waals surface area contributed by atoms with E-state index in [0.717, 1.165) is 19.3 Å². The van der Waals surface area contributed by atoms with Crippen molar-refractivity contribution in [3.8, 4) is 0 Å². The van der Waals surface area contributed by atoms with Crippen LogP contribution in [0.5, 0.6) is 0 Å². The quantitative estimate of drug-likeness (QED) is 0.527. The molecular weight excluding hydrogens is 196 g/mol. The maximum absolute atomic E-state index is 11.7. The van der Waals surface area contributed by atoms with Gasteiger partial charge in [0.2, 0.25) is 5.54 Å². The molecule has 1 unspecified atom stereocenters. The zero-order chi connectivity index (χ0) is 11.3. The number of hydrogen-bond donors (Lipinski definition) is 1. The summed E-state index contributed by atoms with van der Waals surface area (Å²) in [5.74, 6) is -1.29. The van der Waals surface area contributed by atoms with Crippen LogP contribution in [0.1, 0.15) is 32.6 Å². The fraction of sp³-hybridized carbons (Fsp3) is 0.800. The number of rotatable bonds is 3. The fourth-order valence-corrected chi connectivity index (χ4v) is 1.74. The molecule has 1 rings (SSSR count). The second-order valence-corrected chi connectivity index (χ2v) is 3.64. The average Bonchev–Trinajstić information content (AvgIpc) is 2.43. The standard InChI is InChI=1S/C10H17N2O3/c1-2-15-9(14)10(8(11)13)6-4-3-5-7-12-10/h2-7H2,1H3,(H2,11,13). The summed E-state index contributed by atoms with van der Waals surface area (Å²) in [7, 11) is 0. The van der Waals surface area contributed by atoms with E-state index in [4.69, 9.17) is 10.5 Å². The number of ether oxygens (including phenoxy) is 1. The molecule has 0 aliphatic carbocycles. The molecular formula is C10H17N2O3. The van der Waals surface area contributed by atoms with Crippen molar-refractivity contribution < 1.29 is 14.3 Å². The average molecular weight is 213 g/mol. The lowest BCUT2D eigenvalue weighted by atomic mass is 9.93. The third kappa shape index (κ3) is 2.47. The zero-order valence-electron chi connectivity index (χ0n) is 8.99. The molecule has 1 aliphatic heterocycles. The molecule has 0 saturated carbocycles. The first-order valence-electron chi connectivity index (χ1n) is 5.29. The van der Waals surface area contributed by atoms with Crippen molar-refractivity contribution in [1.29, 1.82) is 0 Å². The summed E-state index contributed by atoms with van der Waals surface area (Å²) >= 11 is 0. The van der Waals surface area contributed by atoms with E-state index >= 15 is 0 Å². The Balaban J connectivity index is 2.84. The number of nitrogens with two attached hydrogens (primary N) is 1. The van der Waals surface area contributed by atoms with Crippen molar-refractivity contribution in [3.05, 3.63) is 0 Å². The predicted octanol–water partition coefficient (Wildman–Crippen LogP) is -0.0480. The molecule has 0 aromatic carbocycles. The highest BCUT2D eigenvalue weighted by Crippen LogP contribution is 2.22. The van der Waals surface area contributed by atoms with Crippen LogP contribution in [0.2, 0.25) is 0 Å². The minimum Gasteiger partial charge on any atom is -0.464 e. The molecule has 1 amide bonds. The Kier molecular flexibility index (Phi) is 4.08. The number of hydrogen-bond acceptors (Lipinski definition) is 3. The Bertz CT molecular complexity index is 245. The summed E-state index contributed by atoms with van der Waals surface area (Å²) in [6.45, 7) is 2.44. The highest BCUT2D eigenvalue weighted by atomic mass is 16.5. The van der Waals surface area contributed by atoms with Gasteiger partial charge < -0.3 is 10.5 Å². The van der Waals surface area contributed by atoms with Crippen LogP contribution in [-0.2, 0) is 14.3 Å². The molecule has 1 atom stereocenters. The van der Waals surface area contributed by atoms with Crippen LogP contribution < -0.4 is 11.1 Å². The van der Waals surface area contributed by atoms with Crippen LogP contribution in [0.3, 0.4) is 0 Å². The van der Waals surface area contributed by atoms with Gasteiger partial charge in [0, 0.05) is 6.54 Å². The first-order valence-corrected chi connectivity index (χ1v) is 5.29. The van der Waals surface area contributed by atoms with Crippen LogP contribution in [0.15, 0.2) is 0 Å². The zero-order valence-corrected chi connectivity index (χ0v) is 8.99. The molecule has 15 heavy (non-hydrogen) atoms. The molecule has 0 aromatic rings. The first kappa shape index (κ1) is 12.0. The van der Waals surface area contributed by atoms with Crippen molar-refractivity contribution in [1.82, 2.24) is 5.32 Å². The van der Waals surface area contributed by atoms with Gasteiger partial charge in [-0.1, -0.05) is 12.8 Å². The normalized spacial score (nSPS) is 26.7. The number of primary amides is 1. The lowest BCUT2D eigenvalue weighted by Gasteiger charge is -2.25. The maximum Gasteiger partial charge on any atom is 0.337 e.